The average Bonchev–Trinajstić information content (AvgIpc) is 2.98. The number of amides is 1. The number of nitrogens with one attached hydrogen (secondary N) is 1. The number of carbonyl (C=O) groups excluding carboxylic acids is 1. The summed E-state index contributed by atoms with van der Waals surface area (Å²) in [6.07, 6.45) is 2.32. The van der Waals surface area contributed by atoms with Gasteiger partial charge in [-0.2, -0.15) is 0 Å². The molecule has 0 bridgehead atoms. The summed E-state index contributed by atoms with van der Waals surface area (Å²) in [6.45, 7) is 0.532. The van der Waals surface area contributed by atoms with Crippen LogP contribution >= 0.6 is 0 Å². The summed E-state index contributed by atoms with van der Waals surface area (Å²) in [5.41, 5.74) is 1.07. The predicted molar refractivity (Wildman–Crippen MR) is 78.1 cm³/mol. The molecule has 8 nitrogen and oxygen atoms in total. The second kappa shape index (κ2) is 7.32. The van der Waals surface area contributed by atoms with Crippen molar-refractivity contribution in [2.24, 2.45) is 0 Å². The number of benzene rings is 1. The Morgan fingerprint density at radius 3 is 2.91 bits per heavy atom. The van der Waals surface area contributed by atoms with Crippen molar-refractivity contribution in [3.05, 3.63) is 36.2 Å². The third-order valence-electron chi connectivity index (χ3n) is 2.86. The summed E-state index contributed by atoms with van der Waals surface area (Å²) in [7, 11) is 1.59. The first kappa shape index (κ1) is 15.6. The maximum atomic E-state index is 11.7. The largest absolute Gasteiger partial charge is 0.476 e. The van der Waals surface area contributed by atoms with Crippen LogP contribution in [0.5, 0.6) is 0 Å². The molecule has 2 N–H and O–H groups in total. The summed E-state index contributed by atoms with van der Waals surface area (Å²) in [4.78, 5) is 22.5. The van der Waals surface area contributed by atoms with Crippen LogP contribution in [0.1, 0.15) is 23.3 Å². The number of carboxylic acids is 1. The van der Waals surface area contributed by atoms with E-state index >= 15 is 0 Å². The van der Waals surface area contributed by atoms with Crippen molar-refractivity contribution in [1.82, 2.24) is 15.0 Å². The smallest absolute Gasteiger partial charge is 0.358 e. The van der Waals surface area contributed by atoms with Gasteiger partial charge in [-0.05, 0) is 24.6 Å². The van der Waals surface area contributed by atoms with Crippen LogP contribution in [0, 0.1) is 0 Å². The summed E-state index contributed by atoms with van der Waals surface area (Å²) in [6, 6.07) is 6.91. The zero-order chi connectivity index (χ0) is 15.9. The number of ether oxygens (including phenoxy) is 1. The summed E-state index contributed by atoms with van der Waals surface area (Å²) < 4.78 is 6.23. The number of nitrogens with zero attached hydrogens (tertiary/aromatic N) is 3. The van der Waals surface area contributed by atoms with Crippen molar-refractivity contribution in [2.75, 3.05) is 19.0 Å². The molecule has 1 aromatic heterocycles. The van der Waals surface area contributed by atoms with Crippen LogP contribution in [0.2, 0.25) is 0 Å². The lowest BCUT2D eigenvalue weighted by Gasteiger charge is -2.07. The molecule has 0 fully saturated rings. The molecule has 0 saturated carbocycles. The maximum absolute atomic E-state index is 11.7. The van der Waals surface area contributed by atoms with Crippen molar-refractivity contribution in [3.63, 3.8) is 0 Å². The average molecular weight is 304 g/mol. The first-order valence-electron chi connectivity index (χ1n) is 6.65. The molecule has 1 amide bonds. The minimum Gasteiger partial charge on any atom is -0.476 e. The van der Waals surface area contributed by atoms with E-state index in [9.17, 15) is 9.59 Å². The molecule has 0 atom stereocenters. The molecular formula is C14H16N4O4. The van der Waals surface area contributed by atoms with Crippen LogP contribution < -0.4 is 5.32 Å². The third kappa shape index (κ3) is 4.13. The molecule has 0 spiro atoms. The number of carboxylic acid groups (broad SMARTS) is 1. The topological polar surface area (TPSA) is 106 Å². The van der Waals surface area contributed by atoms with Crippen LogP contribution in [-0.2, 0) is 9.53 Å². The fraction of sp³-hybridized carbons (Fsp3) is 0.286. The first-order valence-corrected chi connectivity index (χ1v) is 6.65. The number of hydrogen-bond donors (Lipinski definition) is 2. The molecule has 0 aliphatic rings. The molecule has 1 heterocycles. The van der Waals surface area contributed by atoms with Gasteiger partial charge in [0.25, 0.3) is 0 Å². The zero-order valence-corrected chi connectivity index (χ0v) is 12.0. The van der Waals surface area contributed by atoms with Gasteiger partial charge in [0.05, 0.1) is 11.9 Å². The molecule has 1 aromatic carbocycles. The van der Waals surface area contributed by atoms with E-state index in [1.54, 1.807) is 31.4 Å². The Kier molecular flexibility index (Phi) is 5.21. The predicted octanol–water partition coefficient (Wildman–Crippen LogP) is 1.33. The molecule has 0 radical (unpaired) electrons. The van der Waals surface area contributed by atoms with E-state index < -0.39 is 5.97 Å². The van der Waals surface area contributed by atoms with Gasteiger partial charge in [0.1, 0.15) is 0 Å². The monoisotopic (exact) mass is 304 g/mol. The number of hydrogen-bond acceptors (Lipinski definition) is 5. The minimum absolute atomic E-state index is 0.112. The number of methoxy groups -OCH3 is 1. The number of aromatic carboxylic acids is 1. The number of rotatable bonds is 7. The van der Waals surface area contributed by atoms with Gasteiger partial charge in [-0.1, -0.05) is 11.3 Å². The molecule has 0 aliphatic carbocycles. The molecule has 22 heavy (non-hydrogen) atoms. The fourth-order valence-electron chi connectivity index (χ4n) is 1.81. The van der Waals surface area contributed by atoms with Crippen molar-refractivity contribution in [1.29, 1.82) is 0 Å². The van der Waals surface area contributed by atoms with Gasteiger partial charge in [-0.3, -0.25) is 4.79 Å². The second-order valence-corrected chi connectivity index (χ2v) is 4.55. The summed E-state index contributed by atoms with van der Waals surface area (Å²) >= 11 is 0. The van der Waals surface area contributed by atoms with Crippen LogP contribution in [0.3, 0.4) is 0 Å². The lowest BCUT2D eigenvalue weighted by Crippen LogP contribution is -2.12. The second-order valence-electron chi connectivity index (χ2n) is 4.55. The van der Waals surface area contributed by atoms with E-state index in [1.165, 1.54) is 10.9 Å². The van der Waals surface area contributed by atoms with Crippen LogP contribution in [0.25, 0.3) is 5.69 Å². The van der Waals surface area contributed by atoms with Gasteiger partial charge < -0.3 is 15.2 Å². The highest BCUT2D eigenvalue weighted by Gasteiger charge is 2.10. The quantitative estimate of drug-likeness (QED) is 0.747. The molecule has 8 heteroatoms. The van der Waals surface area contributed by atoms with E-state index in [-0.39, 0.29) is 11.6 Å². The SMILES string of the molecule is COCCCC(=O)Nc1cccc(-n2cc(C(=O)O)nn2)c1. The lowest BCUT2D eigenvalue weighted by atomic mass is 10.2. The molecular weight excluding hydrogens is 288 g/mol. The Labute approximate surface area is 126 Å². The van der Waals surface area contributed by atoms with Crippen LogP contribution in [0.15, 0.2) is 30.5 Å². The van der Waals surface area contributed by atoms with E-state index in [0.29, 0.717) is 30.8 Å². The van der Waals surface area contributed by atoms with Crippen LogP contribution in [-0.4, -0.2) is 45.7 Å². The van der Waals surface area contributed by atoms with Gasteiger partial charge in [0.15, 0.2) is 5.69 Å². The van der Waals surface area contributed by atoms with E-state index in [0.717, 1.165) is 0 Å². The van der Waals surface area contributed by atoms with Gasteiger partial charge in [-0.25, -0.2) is 9.48 Å². The van der Waals surface area contributed by atoms with Crippen molar-refractivity contribution in [3.8, 4) is 5.69 Å². The minimum atomic E-state index is -1.14. The Bertz CT molecular complexity index is 668. The molecule has 2 rings (SSSR count). The normalized spacial score (nSPS) is 10.4. The molecule has 116 valence electrons. The van der Waals surface area contributed by atoms with Gasteiger partial charge in [0.2, 0.25) is 5.91 Å². The highest BCUT2D eigenvalue weighted by molar-refractivity contribution is 5.91. The Hall–Kier alpha value is -2.74. The van der Waals surface area contributed by atoms with Gasteiger partial charge >= 0.3 is 5.97 Å². The molecule has 2 aromatic rings. The Morgan fingerprint density at radius 1 is 1.41 bits per heavy atom. The Balaban J connectivity index is 2.06. The third-order valence-corrected chi connectivity index (χ3v) is 2.86. The number of anilines is 1. The van der Waals surface area contributed by atoms with E-state index in [2.05, 4.69) is 15.6 Å². The molecule has 0 unspecified atom stereocenters. The highest BCUT2D eigenvalue weighted by Crippen LogP contribution is 2.14. The van der Waals surface area contributed by atoms with E-state index in [1.807, 2.05) is 0 Å². The zero-order valence-electron chi connectivity index (χ0n) is 12.0. The van der Waals surface area contributed by atoms with Crippen molar-refractivity contribution < 1.29 is 19.4 Å². The summed E-state index contributed by atoms with van der Waals surface area (Å²) in [5.74, 6) is -1.26. The molecule has 0 saturated heterocycles. The standard InChI is InChI=1S/C14H16N4O4/c1-22-7-3-6-13(19)15-10-4-2-5-11(8-10)18-9-12(14(20)21)16-17-18/h2,4-5,8-9H,3,6-7H2,1H3,(H,15,19)(H,20,21). The maximum Gasteiger partial charge on any atom is 0.358 e. The summed E-state index contributed by atoms with van der Waals surface area (Å²) in [5, 5.41) is 18.9. The lowest BCUT2D eigenvalue weighted by molar-refractivity contribution is -0.116. The van der Waals surface area contributed by atoms with Gasteiger partial charge in [0, 0.05) is 25.8 Å². The van der Waals surface area contributed by atoms with Gasteiger partial charge in [-0.15, -0.1) is 5.10 Å². The first-order chi connectivity index (χ1) is 10.6. The highest BCUT2D eigenvalue weighted by atomic mass is 16.5. The van der Waals surface area contributed by atoms with Crippen LogP contribution in [0.4, 0.5) is 5.69 Å². The number of aromatic nitrogens is 3. The number of carbonyl (C=O) groups is 2. The Morgan fingerprint density at radius 2 is 2.23 bits per heavy atom. The van der Waals surface area contributed by atoms with E-state index in [4.69, 9.17) is 9.84 Å². The molecule has 0 aliphatic heterocycles. The van der Waals surface area contributed by atoms with Crippen molar-refractivity contribution >= 4 is 17.6 Å². The fourth-order valence-corrected chi connectivity index (χ4v) is 1.81. The van der Waals surface area contributed by atoms with Crippen molar-refractivity contribution in [2.45, 2.75) is 12.8 Å².